The predicted molar refractivity (Wildman–Crippen MR) is 73.8 cm³/mol. The Morgan fingerprint density at radius 2 is 2.16 bits per heavy atom. The van der Waals surface area contributed by atoms with Gasteiger partial charge in [0.2, 0.25) is 0 Å². The zero-order valence-electron chi connectivity index (χ0n) is 9.75. The van der Waals surface area contributed by atoms with Crippen LogP contribution in [0.15, 0.2) is 40.9 Å². The van der Waals surface area contributed by atoms with E-state index in [1.165, 1.54) is 12.1 Å². The van der Waals surface area contributed by atoms with Crippen LogP contribution in [0.5, 0.6) is 5.75 Å². The number of anilines is 1. The molecule has 0 unspecified atom stereocenters. The molecular formula is C12H10BrN3O3. The van der Waals surface area contributed by atoms with Gasteiger partial charge in [-0.15, -0.1) is 0 Å². The normalized spacial score (nSPS) is 10.2. The molecule has 0 fully saturated rings. The molecule has 1 heterocycles. The van der Waals surface area contributed by atoms with Crippen molar-refractivity contribution in [3.05, 3.63) is 56.7 Å². The zero-order valence-corrected chi connectivity index (χ0v) is 11.3. The second-order valence-corrected chi connectivity index (χ2v) is 4.66. The van der Waals surface area contributed by atoms with E-state index in [2.05, 4.69) is 20.9 Å². The van der Waals surface area contributed by atoms with Crippen LogP contribution in [0, 0.1) is 10.1 Å². The first-order valence-electron chi connectivity index (χ1n) is 5.34. The molecule has 0 saturated heterocycles. The number of nitro benzene ring substituents is 1. The number of nitrogen functional groups attached to an aromatic ring is 1. The Balaban J connectivity index is 2.13. The van der Waals surface area contributed by atoms with E-state index < -0.39 is 4.92 Å². The molecule has 98 valence electrons. The SMILES string of the molecule is Nc1cccc(COc2cc(Br)cc([N+](=O)[O-])c2)n1. The van der Waals surface area contributed by atoms with Gasteiger partial charge in [-0.05, 0) is 18.2 Å². The highest BCUT2D eigenvalue weighted by molar-refractivity contribution is 9.10. The molecule has 0 spiro atoms. The minimum Gasteiger partial charge on any atom is -0.487 e. The number of ether oxygens (including phenoxy) is 1. The van der Waals surface area contributed by atoms with Gasteiger partial charge >= 0.3 is 0 Å². The first-order valence-corrected chi connectivity index (χ1v) is 6.13. The lowest BCUT2D eigenvalue weighted by Gasteiger charge is -2.06. The molecule has 0 aliphatic carbocycles. The summed E-state index contributed by atoms with van der Waals surface area (Å²) >= 11 is 3.20. The van der Waals surface area contributed by atoms with Crippen molar-refractivity contribution < 1.29 is 9.66 Å². The number of rotatable bonds is 4. The van der Waals surface area contributed by atoms with E-state index in [1.54, 1.807) is 24.3 Å². The highest BCUT2D eigenvalue weighted by atomic mass is 79.9. The average molecular weight is 324 g/mol. The van der Waals surface area contributed by atoms with E-state index in [0.29, 0.717) is 21.7 Å². The number of halogens is 1. The van der Waals surface area contributed by atoms with Crippen LogP contribution in [0.1, 0.15) is 5.69 Å². The molecule has 0 amide bonds. The number of aromatic nitrogens is 1. The summed E-state index contributed by atoms with van der Waals surface area (Å²) < 4.78 is 6.05. The van der Waals surface area contributed by atoms with Crippen LogP contribution in [0.3, 0.4) is 0 Å². The number of hydrogen-bond acceptors (Lipinski definition) is 5. The Bertz CT molecular complexity index is 619. The van der Waals surface area contributed by atoms with Crippen LogP contribution in [0.4, 0.5) is 11.5 Å². The third-order valence-corrected chi connectivity index (χ3v) is 2.74. The minimum atomic E-state index is -0.476. The smallest absolute Gasteiger partial charge is 0.274 e. The van der Waals surface area contributed by atoms with Crippen molar-refractivity contribution in [3.63, 3.8) is 0 Å². The summed E-state index contributed by atoms with van der Waals surface area (Å²) in [5, 5.41) is 10.7. The summed E-state index contributed by atoms with van der Waals surface area (Å²) in [6.07, 6.45) is 0. The lowest BCUT2D eigenvalue weighted by atomic mass is 10.3. The molecule has 19 heavy (non-hydrogen) atoms. The third kappa shape index (κ3) is 3.65. The first-order chi connectivity index (χ1) is 9.04. The number of non-ortho nitro benzene ring substituents is 1. The van der Waals surface area contributed by atoms with Crippen LogP contribution in [-0.4, -0.2) is 9.91 Å². The quantitative estimate of drug-likeness (QED) is 0.690. The van der Waals surface area contributed by atoms with Crippen LogP contribution in [0.2, 0.25) is 0 Å². The molecule has 0 radical (unpaired) electrons. The summed E-state index contributed by atoms with van der Waals surface area (Å²) in [5.41, 5.74) is 6.17. The van der Waals surface area contributed by atoms with Gasteiger partial charge in [0.05, 0.1) is 16.7 Å². The fourth-order valence-electron chi connectivity index (χ4n) is 1.47. The minimum absolute atomic E-state index is 0.0371. The van der Waals surface area contributed by atoms with Gasteiger partial charge in [-0.2, -0.15) is 0 Å². The molecular weight excluding hydrogens is 314 g/mol. The largest absolute Gasteiger partial charge is 0.487 e. The van der Waals surface area contributed by atoms with Gasteiger partial charge in [0.15, 0.2) is 0 Å². The highest BCUT2D eigenvalue weighted by Crippen LogP contribution is 2.26. The van der Waals surface area contributed by atoms with Gasteiger partial charge < -0.3 is 10.5 Å². The van der Waals surface area contributed by atoms with Crippen LogP contribution in [0.25, 0.3) is 0 Å². The van der Waals surface area contributed by atoms with Gasteiger partial charge in [0.1, 0.15) is 18.2 Å². The molecule has 7 heteroatoms. The first kappa shape index (κ1) is 13.3. The van der Waals surface area contributed by atoms with Crippen LogP contribution in [-0.2, 0) is 6.61 Å². The second kappa shape index (κ2) is 5.66. The second-order valence-electron chi connectivity index (χ2n) is 3.74. The summed E-state index contributed by atoms with van der Waals surface area (Å²) in [6.45, 7) is 0.193. The molecule has 0 bridgehead atoms. The van der Waals surface area contributed by atoms with Crippen molar-refractivity contribution in [1.82, 2.24) is 4.98 Å². The Kier molecular flexibility index (Phi) is 3.96. The number of nitrogens with zero attached hydrogens (tertiary/aromatic N) is 2. The predicted octanol–water partition coefficient (Wildman–Crippen LogP) is 2.91. The van der Waals surface area contributed by atoms with Crippen LogP contribution < -0.4 is 10.5 Å². The lowest BCUT2D eigenvalue weighted by Crippen LogP contribution is -2.01. The molecule has 0 saturated carbocycles. The van der Waals surface area contributed by atoms with Crippen LogP contribution >= 0.6 is 15.9 Å². The number of nitrogens with two attached hydrogens (primary N) is 1. The van der Waals surface area contributed by atoms with E-state index in [4.69, 9.17) is 10.5 Å². The fourth-order valence-corrected chi connectivity index (χ4v) is 1.93. The molecule has 6 nitrogen and oxygen atoms in total. The van der Waals surface area contributed by atoms with Gasteiger partial charge in [0.25, 0.3) is 5.69 Å². The Hall–Kier alpha value is -2.15. The Morgan fingerprint density at radius 1 is 1.37 bits per heavy atom. The van der Waals surface area contributed by atoms with Crippen molar-refractivity contribution >= 4 is 27.4 Å². The van der Waals surface area contributed by atoms with Crippen molar-refractivity contribution in [2.24, 2.45) is 0 Å². The molecule has 0 atom stereocenters. The van der Waals surface area contributed by atoms with Gasteiger partial charge in [0, 0.05) is 10.5 Å². The standard InChI is InChI=1S/C12H10BrN3O3/c13-8-4-10(16(17)18)6-11(5-8)19-7-9-2-1-3-12(14)15-9/h1-6H,7H2,(H2,14,15). The van der Waals surface area contributed by atoms with E-state index in [-0.39, 0.29) is 12.3 Å². The molecule has 2 aromatic rings. The van der Waals surface area contributed by atoms with Gasteiger partial charge in [-0.3, -0.25) is 10.1 Å². The highest BCUT2D eigenvalue weighted by Gasteiger charge is 2.09. The Morgan fingerprint density at radius 3 is 2.84 bits per heavy atom. The maximum Gasteiger partial charge on any atom is 0.274 e. The average Bonchev–Trinajstić information content (AvgIpc) is 2.36. The molecule has 1 aromatic heterocycles. The Labute approximate surface area is 117 Å². The third-order valence-electron chi connectivity index (χ3n) is 2.28. The molecule has 0 aliphatic heterocycles. The number of hydrogen-bond donors (Lipinski definition) is 1. The van der Waals surface area contributed by atoms with Gasteiger partial charge in [-0.1, -0.05) is 22.0 Å². The summed E-state index contributed by atoms with van der Waals surface area (Å²) in [7, 11) is 0. The van der Waals surface area contributed by atoms with Crippen molar-refractivity contribution in [1.29, 1.82) is 0 Å². The molecule has 2 rings (SSSR count). The van der Waals surface area contributed by atoms with Crippen molar-refractivity contribution in [3.8, 4) is 5.75 Å². The lowest BCUT2D eigenvalue weighted by molar-refractivity contribution is -0.385. The molecule has 2 N–H and O–H groups in total. The summed E-state index contributed by atoms with van der Waals surface area (Å²) in [5.74, 6) is 0.798. The number of pyridine rings is 1. The van der Waals surface area contributed by atoms with E-state index in [0.717, 1.165) is 0 Å². The maximum atomic E-state index is 10.7. The van der Waals surface area contributed by atoms with E-state index >= 15 is 0 Å². The van der Waals surface area contributed by atoms with E-state index in [1.807, 2.05) is 0 Å². The molecule has 1 aromatic carbocycles. The number of benzene rings is 1. The van der Waals surface area contributed by atoms with Crippen molar-refractivity contribution in [2.45, 2.75) is 6.61 Å². The topological polar surface area (TPSA) is 91.3 Å². The van der Waals surface area contributed by atoms with Gasteiger partial charge in [-0.25, -0.2) is 4.98 Å². The monoisotopic (exact) mass is 323 g/mol. The summed E-state index contributed by atoms with van der Waals surface area (Å²) in [4.78, 5) is 14.3. The van der Waals surface area contributed by atoms with Crippen molar-refractivity contribution in [2.75, 3.05) is 5.73 Å². The molecule has 0 aliphatic rings. The van der Waals surface area contributed by atoms with E-state index in [9.17, 15) is 10.1 Å². The zero-order chi connectivity index (χ0) is 13.8. The number of nitro groups is 1. The fraction of sp³-hybridized carbons (Fsp3) is 0.0833. The summed E-state index contributed by atoms with van der Waals surface area (Å²) in [6, 6.07) is 9.63. The maximum absolute atomic E-state index is 10.7.